The normalized spacial score (nSPS) is 12.1. The topological polar surface area (TPSA) is 84.3 Å². The zero-order valence-corrected chi connectivity index (χ0v) is 12.3. The molecule has 0 radical (unpaired) electrons. The average molecular weight is 279 g/mol. The van der Waals surface area contributed by atoms with Crippen LogP contribution >= 0.6 is 0 Å². The molecule has 0 aromatic heterocycles. The molecule has 20 heavy (non-hydrogen) atoms. The SMILES string of the molecule is CNC(=O)c1ccc(NC(C)CC(C)C)c([N+](=O)[O-])c1. The molecule has 0 saturated heterocycles. The molecule has 1 atom stereocenters. The molecule has 0 heterocycles. The van der Waals surface area contributed by atoms with Gasteiger partial charge in [0.05, 0.1) is 4.92 Å². The third-order valence-corrected chi connectivity index (χ3v) is 2.91. The van der Waals surface area contributed by atoms with Gasteiger partial charge in [-0.3, -0.25) is 14.9 Å². The highest BCUT2D eigenvalue weighted by Gasteiger charge is 2.18. The molecule has 0 fully saturated rings. The Morgan fingerprint density at radius 1 is 1.35 bits per heavy atom. The van der Waals surface area contributed by atoms with Gasteiger partial charge in [0, 0.05) is 24.7 Å². The smallest absolute Gasteiger partial charge is 0.293 e. The zero-order valence-electron chi connectivity index (χ0n) is 12.3. The van der Waals surface area contributed by atoms with E-state index in [4.69, 9.17) is 0 Å². The molecule has 110 valence electrons. The molecule has 0 bridgehead atoms. The van der Waals surface area contributed by atoms with Crippen LogP contribution in [0.4, 0.5) is 11.4 Å². The van der Waals surface area contributed by atoms with E-state index in [2.05, 4.69) is 24.5 Å². The van der Waals surface area contributed by atoms with Gasteiger partial charge in [0.25, 0.3) is 11.6 Å². The van der Waals surface area contributed by atoms with Crippen molar-refractivity contribution in [1.29, 1.82) is 0 Å². The first kappa shape index (κ1) is 15.9. The second-order valence-electron chi connectivity index (χ2n) is 5.24. The third kappa shape index (κ3) is 4.22. The molecule has 1 aromatic carbocycles. The average Bonchev–Trinajstić information content (AvgIpc) is 2.36. The van der Waals surface area contributed by atoms with Crippen LogP contribution in [-0.2, 0) is 0 Å². The van der Waals surface area contributed by atoms with E-state index in [1.807, 2.05) is 6.92 Å². The first-order chi connectivity index (χ1) is 9.35. The van der Waals surface area contributed by atoms with Crippen molar-refractivity contribution in [3.8, 4) is 0 Å². The highest BCUT2D eigenvalue weighted by Crippen LogP contribution is 2.27. The molecule has 0 aliphatic heterocycles. The Kier molecular flexibility index (Phi) is 5.49. The van der Waals surface area contributed by atoms with Crippen molar-refractivity contribution in [1.82, 2.24) is 5.32 Å². The number of amides is 1. The van der Waals surface area contributed by atoms with Gasteiger partial charge in [0.2, 0.25) is 0 Å². The number of anilines is 1. The predicted octanol–water partition coefficient (Wildman–Crippen LogP) is 2.80. The van der Waals surface area contributed by atoms with Crippen molar-refractivity contribution in [3.63, 3.8) is 0 Å². The number of nitro groups is 1. The fourth-order valence-electron chi connectivity index (χ4n) is 2.12. The van der Waals surface area contributed by atoms with Crippen LogP contribution in [0.1, 0.15) is 37.6 Å². The number of benzene rings is 1. The summed E-state index contributed by atoms with van der Waals surface area (Å²) in [6.07, 6.45) is 0.911. The lowest BCUT2D eigenvalue weighted by Crippen LogP contribution is -2.20. The van der Waals surface area contributed by atoms with E-state index < -0.39 is 4.92 Å². The Bertz CT molecular complexity index is 500. The van der Waals surface area contributed by atoms with Crippen molar-refractivity contribution in [2.45, 2.75) is 33.2 Å². The summed E-state index contributed by atoms with van der Waals surface area (Å²) in [5.74, 6) is 0.163. The molecule has 0 spiro atoms. The number of hydrogen-bond acceptors (Lipinski definition) is 4. The van der Waals surface area contributed by atoms with Gasteiger partial charge in [-0.2, -0.15) is 0 Å². The minimum Gasteiger partial charge on any atom is -0.377 e. The van der Waals surface area contributed by atoms with Gasteiger partial charge in [0.15, 0.2) is 0 Å². The summed E-state index contributed by atoms with van der Waals surface area (Å²) in [4.78, 5) is 22.2. The van der Waals surface area contributed by atoms with Crippen molar-refractivity contribution >= 4 is 17.3 Å². The summed E-state index contributed by atoms with van der Waals surface area (Å²) in [7, 11) is 1.49. The van der Waals surface area contributed by atoms with Crippen molar-refractivity contribution < 1.29 is 9.72 Å². The Morgan fingerprint density at radius 3 is 2.50 bits per heavy atom. The van der Waals surface area contributed by atoms with Gasteiger partial charge >= 0.3 is 0 Å². The Labute approximate surface area is 118 Å². The van der Waals surface area contributed by atoms with Crippen LogP contribution in [0, 0.1) is 16.0 Å². The lowest BCUT2D eigenvalue weighted by Gasteiger charge is -2.17. The molecule has 0 saturated carbocycles. The summed E-state index contributed by atoms with van der Waals surface area (Å²) >= 11 is 0. The lowest BCUT2D eigenvalue weighted by atomic mass is 10.0. The van der Waals surface area contributed by atoms with Gasteiger partial charge in [-0.15, -0.1) is 0 Å². The second kappa shape index (κ2) is 6.88. The van der Waals surface area contributed by atoms with Crippen molar-refractivity contribution in [3.05, 3.63) is 33.9 Å². The molecule has 0 aliphatic carbocycles. The lowest BCUT2D eigenvalue weighted by molar-refractivity contribution is -0.384. The number of nitrogens with one attached hydrogen (secondary N) is 2. The maximum Gasteiger partial charge on any atom is 0.293 e. The van der Waals surface area contributed by atoms with Gasteiger partial charge < -0.3 is 10.6 Å². The second-order valence-corrected chi connectivity index (χ2v) is 5.24. The monoisotopic (exact) mass is 279 g/mol. The third-order valence-electron chi connectivity index (χ3n) is 2.91. The summed E-state index contributed by atoms with van der Waals surface area (Å²) < 4.78 is 0. The number of nitro benzene ring substituents is 1. The maximum atomic E-state index is 11.5. The Morgan fingerprint density at radius 2 is 2.00 bits per heavy atom. The molecule has 1 unspecified atom stereocenters. The van der Waals surface area contributed by atoms with Crippen LogP contribution in [0.15, 0.2) is 18.2 Å². The summed E-state index contributed by atoms with van der Waals surface area (Å²) in [6.45, 7) is 6.18. The highest BCUT2D eigenvalue weighted by molar-refractivity contribution is 5.95. The van der Waals surface area contributed by atoms with Crippen LogP contribution in [0.3, 0.4) is 0 Å². The van der Waals surface area contributed by atoms with Gasteiger partial charge in [-0.05, 0) is 31.4 Å². The van der Waals surface area contributed by atoms with E-state index in [0.717, 1.165) is 6.42 Å². The number of carbonyl (C=O) groups excluding carboxylic acids is 1. The Hall–Kier alpha value is -2.11. The van der Waals surface area contributed by atoms with Gasteiger partial charge in [-0.25, -0.2) is 0 Å². The zero-order chi connectivity index (χ0) is 15.3. The number of rotatable bonds is 6. The molecule has 1 amide bonds. The first-order valence-corrected chi connectivity index (χ1v) is 6.62. The molecule has 6 heteroatoms. The minimum absolute atomic E-state index is 0.0818. The van der Waals surface area contributed by atoms with E-state index in [1.165, 1.54) is 13.1 Å². The number of nitrogens with zero attached hydrogens (tertiary/aromatic N) is 1. The molecule has 6 nitrogen and oxygen atoms in total. The minimum atomic E-state index is -0.475. The quantitative estimate of drug-likeness (QED) is 0.619. The van der Waals surface area contributed by atoms with Crippen LogP contribution in [0.5, 0.6) is 0 Å². The summed E-state index contributed by atoms with van der Waals surface area (Å²) in [5.41, 5.74) is 0.638. The standard InChI is InChI=1S/C14H21N3O3/c1-9(2)7-10(3)16-12-6-5-11(14(18)15-4)8-13(12)17(19)20/h5-6,8-10,16H,7H2,1-4H3,(H,15,18). The van der Waals surface area contributed by atoms with E-state index in [0.29, 0.717) is 11.6 Å². The molecular formula is C14H21N3O3. The fourth-order valence-corrected chi connectivity index (χ4v) is 2.12. The highest BCUT2D eigenvalue weighted by atomic mass is 16.6. The largest absolute Gasteiger partial charge is 0.377 e. The maximum absolute atomic E-state index is 11.5. The summed E-state index contributed by atoms with van der Waals surface area (Å²) in [5, 5.41) is 16.7. The van der Waals surface area contributed by atoms with E-state index in [9.17, 15) is 14.9 Å². The predicted molar refractivity (Wildman–Crippen MR) is 79.0 cm³/mol. The Balaban J connectivity index is 3.01. The number of hydrogen-bond donors (Lipinski definition) is 2. The molecule has 0 aliphatic rings. The summed E-state index contributed by atoms with van der Waals surface area (Å²) in [6, 6.07) is 4.58. The molecular weight excluding hydrogens is 258 g/mol. The first-order valence-electron chi connectivity index (χ1n) is 6.62. The van der Waals surface area contributed by atoms with Gasteiger partial charge in [-0.1, -0.05) is 13.8 Å². The van der Waals surface area contributed by atoms with Gasteiger partial charge in [0.1, 0.15) is 5.69 Å². The van der Waals surface area contributed by atoms with E-state index >= 15 is 0 Å². The van der Waals surface area contributed by atoms with Crippen LogP contribution < -0.4 is 10.6 Å². The fraction of sp³-hybridized carbons (Fsp3) is 0.500. The molecule has 1 aromatic rings. The molecule has 1 rings (SSSR count). The molecule has 2 N–H and O–H groups in total. The number of carbonyl (C=O) groups is 1. The van der Waals surface area contributed by atoms with Crippen molar-refractivity contribution in [2.75, 3.05) is 12.4 Å². The van der Waals surface area contributed by atoms with E-state index in [1.54, 1.807) is 12.1 Å². The van der Waals surface area contributed by atoms with Crippen LogP contribution in [0.2, 0.25) is 0 Å². The van der Waals surface area contributed by atoms with Crippen LogP contribution in [0.25, 0.3) is 0 Å². The van der Waals surface area contributed by atoms with Crippen molar-refractivity contribution in [2.24, 2.45) is 5.92 Å². The van der Waals surface area contributed by atoms with E-state index in [-0.39, 0.29) is 23.2 Å². The van der Waals surface area contributed by atoms with Crippen LogP contribution in [-0.4, -0.2) is 23.9 Å².